The van der Waals surface area contributed by atoms with Gasteiger partial charge < -0.3 is 0 Å². The third-order valence-corrected chi connectivity index (χ3v) is 3.99. The van der Waals surface area contributed by atoms with Gasteiger partial charge in [-0.2, -0.15) is 0 Å². The largest absolute Gasteiger partial charge is 0.292 e. The Bertz CT molecular complexity index is 580. The first-order valence-corrected chi connectivity index (χ1v) is 6.44. The first kappa shape index (κ1) is 11.8. The summed E-state index contributed by atoms with van der Waals surface area (Å²) in [6.45, 7) is 2.33. The molecule has 84 valence electrons. The lowest BCUT2D eigenvalue weighted by Crippen LogP contribution is -2.22. The molecule has 0 amide bonds. The molecule has 0 saturated carbocycles. The van der Waals surface area contributed by atoms with Crippen LogP contribution >= 0.6 is 38.9 Å². The summed E-state index contributed by atoms with van der Waals surface area (Å²) in [5.41, 5.74) is 0.645. The van der Waals surface area contributed by atoms with Gasteiger partial charge in [-0.05, 0) is 22.9 Å². The average Bonchev–Trinajstić information content (AvgIpc) is 2.65. The van der Waals surface area contributed by atoms with Crippen molar-refractivity contribution in [1.29, 1.82) is 0 Å². The highest BCUT2D eigenvalue weighted by Gasteiger charge is 2.08. The maximum Gasteiger partial charge on any atom is 0.269 e. The topological polar surface area (TPSA) is 47.8 Å². The molecule has 0 bridgehead atoms. The van der Waals surface area contributed by atoms with Crippen molar-refractivity contribution >= 4 is 38.9 Å². The summed E-state index contributed by atoms with van der Waals surface area (Å²) in [6, 6.07) is 0. The lowest BCUT2D eigenvalue weighted by atomic mass is 10.4. The molecule has 2 aromatic rings. The maximum absolute atomic E-state index is 11.8. The number of hydrogen-bond acceptors (Lipinski definition) is 4. The second-order valence-corrected chi connectivity index (χ2v) is 5.35. The van der Waals surface area contributed by atoms with Crippen LogP contribution in [0.2, 0.25) is 5.15 Å². The zero-order valence-electron chi connectivity index (χ0n) is 8.28. The van der Waals surface area contributed by atoms with Gasteiger partial charge in [0.2, 0.25) is 0 Å². The Morgan fingerprint density at radius 2 is 2.38 bits per heavy atom. The van der Waals surface area contributed by atoms with Gasteiger partial charge in [0.25, 0.3) is 5.56 Å². The minimum atomic E-state index is -0.203. The molecule has 7 heteroatoms. The van der Waals surface area contributed by atoms with Crippen LogP contribution in [0.3, 0.4) is 0 Å². The Balaban J connectivity index is 2.36. The fourth-order valence-electron chi connectivity index (χ4n) is 1.21. The smallest absolute Gasteiger partial charge is 0.269 e. The molecular weight excluding hydrogens is 314 g/mol. The van der Waals surface area contributed by atoms with E-state index in [1.54, 1.807) is 11.3 Å². The van der Waals surface area contributed by atoms with Crippen LogP contribution in [0.5, 0.6) is 0 Å². The SMILES string of the molecule is Cc1nc(Cn2cnc(Cl)c(Br)c2=O)cs1. The minimum Gasteiger partial charge on any atom is -0.292 e. The van der Waals surface area contributed by atoms with Crippen molar-refractivity contribution < 1.29 is 0 Å². The molecule has 0 radical (unpaired) electrons. The van der Waals surface area contributed by atoms with Gasteiger partial charge in [0.05, 0.1) is 23.6 Å². The highest BCUT2D eigenvalue weighted by molar-refractivity contribution is 9.10. The fraction of sp³-hybridized carbons (Fsp3) is 0.222. The van der Waals surface area contributed by atoms with Crippen molar-refractivity contribution in [2.24, 2.45) is 0 Å². The van der Waals surface area contributed by atoms with Gasteiger partial charge in [-0.15, -0.1) is 11.3 Å². The zero-order chi connectivity index (χ0) is 11.7. The van der Waals surface area contributed by atoms with E-state index in [1.165, 1.54) is 10.9 Å². The first-order chi connectivity index (χ1) is 7.58. The molecule has 0 aliphatic carbocycles. The normalized spacial score (nSPS) is 10.7. The molecule has 0 fully saturated rings. The summed E-state index contributed by atoms with van der Waals surface area (Å²) in [4.78, 5) is 19.9. The van der Waals surface area contributed by atoms with Crippen molar-refractivity contribution in [3.05, 3.63) is 42.4 Å². The number of halogens is 2. The molecule has 4 nitrogen and oxygen atoms in total. The molecule has 2 aromatic heterocycles. The van der Waals surface area contributed by atoms with Crippen LogP contribution in [0.25, 0.3) is 0 Å². The number of aryl methyl sites for hydroxylation is 1. The third-order valence-electron chi connectivity index (χ3n) is 1.94. The zero-order valence-corrected chi connectivity index (χ0v) is 11.4. The number of aromatic nitrogens is 3. The Labute approximate surface area is 109 Å². The van der Waals surface area contributed by atoms with Crippen molar-refractivity contribution in [2.45, 2.75) is 13.5 Å². The summed E-state index contributed by atoms with van der Waals surface area (Å²) >= 11 is 10.4. The number of nitrogens with zero attached hydrogens (tertiary/aromatic N) is 3. The van der Waals surface area contributed by atoms with Crippen molar-refractivity contribution in [2.75, 3.05) is 0 Å². The number of rotatable bonds is 2. The van der Waals surface area contributed by atoms with E-state index in [0.29, 0.717) is 6.54 Å². The van der Waals surface area contributed by atoms with E-state index in [-0.39, 0.29) is 15.2 Å². The summed E-state index contributed by atoms with van der Waals surface area (Å²) in [5.74, 6) is 0. The van der Waals surface area contributed by atoms with Crippen LogP contribution in [0.1, 0.15) is 10.7 Å². The molecular formula is C9H7BrClN3OS. The molecule has 0 atom stereocenters. The Kier molecular flexibility index (Phi) is 3.41. The van der Waals surface area contributed by atoms with E-state index in [9.17, 15) is 4.79 Å². The predicted octanol–water partition coefficient (Wildman–Crippen LogP) is 2.47. The third kappa shape index (κ3) is 2.34. The van der Waals surface area contributed by atoms with Crippen molar-refractivity contribution in [3.8, 4) is 0 Å². The van der Waals surface area contributed by atoms with E-state index in [0.717, 1.165) is 10.7 Å². The predicted molar refractivity (Wildman–Crippen MR) is 67.2 cm³/mol. The maximum atomic E-state index is 11.8. The first-order valence-electron chi connectivity index (χ1n) is 4.39. The molecule has 0 aliphatic rings. The average molecular weight is 321 g/mol. The molecule has 0 spiro atoms. The summed E-state index contributed by atoms with van der Waals surface area (Å²) in [5, 5.41) is 3.07. The molecule has 0 unspecified atom stereocenters. The van der Waals surface area contributed by atoms with Gasteiger partial charge in [-0.3, -0.25) is 9.36 Å². The van der Waals surface area contributed by atoms with E-state index in [4.69, 9.17) is 11.6 Å². The van der Waals surface area contributed by atoms with Crippen molar-refractivity contribution in [1.82, 2.24) is 14.5 Å². The molecule has 16 heavy (non-hydrogen) atoms. The van der Waals surface area contributed by atoms with E-state index in [2.05, 4.69) is 25.9 Å². The van der Waals surface area contributed by atoms with Crippen LogP contribution in [0.4, 0.5) is 0 Å². The quantitative estimate of drug-likeness (QED) is 0.799. The Hall–Kier alpha value is -0.720. The Morgan fingerprint density at radius 1 is 1.62 bits per heavy atom. The van der Waals surface area contributed by atoms with E-state index < -0.39 is 0 Å². The lowest BCUT2D eigenvalue weighted by Gasteiger charge is -2.03. The van der Waals surface area contributed by atoms with Crippen LogP contribution in [0.15, 0.2) is 21.0 Å². The van der Waals surface area contributed by atoms with Crippen LogP contribution < -0.4 is 5.56 Å². The summed E-state index contributed by atoms with van der Waals surface area (Å²) in [6.07, 6.45) is 1.42. The minimum absolute atomic E-state index is 0.177. The molecule has 0 N–H and O–H groups in total. The second kappa shape index (κ2) is 4.65. The highest BCUT2D eigenvalue weighted by atomic mass is 79.9. The van der Waals surface area contributed by atoms with Crippen LogP contribution in [-0.4, -0.2) is 14.5 Å². The lowest BCUT2D eigenvalue weighted by molar-refractivity contribution is 0.717. The van der Waals surface area contributed by atoms with Gasteiger partial charge in [-0.1, -0.05) is 11.6 Å². The molecule has 0 aliphatic heterocycles. The summed E-state index contributed by atoms with van der Waals surface area (Å²) in [7, 11) is 0. The van der Waals surface area contributed by atoms with Crippen LogP contribution in [-0.2, 0) is 6.54 Å². The summed E-state index contributed by atoms with van der Waals surface area (Å²) < 4.78 is 1.74. The van der Waals surface area contributed by atoms with Crippen molar-refractivity contribution in [3.63, 3.8) is 0 Å². The highest BCUT2D eigenvalue weighted by Crippen LogP contribution is 2.14. The number of hydrogen-bond donors (Lipinski definition) is 0. The van der Waals surface area contributed by atoms with Gasteiger partial charge in [0.1, 0.15) is 4.47 Å². The number of thiazole rings is 1. The monoisotopic (exact) mass is 319 g/mol. The van der Waals surface area contributed by atoms with Crippen LogP contribution in [0, 0.1) is 6.92 Å². The molecule has 2 rings (SSSR count). The molecule has 2 heterocycles. The standard InChI is InChI=1S/C9H7BrClN3OS/c1-5-13-6(3-16-5)2-14-4-12-8(11)7(10)9(14)15/h3-4H,2H2,1H3. The molecule has 0 aromatic carbocycles. The van der Waals surface area contributed by atoms with Gasteiger partial charge in [-0.25, -0.2) is 9.97 Å². The fourth-order valence-corrected chi connectivity index (χ4v) is 2.27. The second-order valence-electron chi connectivity index (χ2n) is 3.14. The Morgan fingerprint density at radius 3 is 3.00 bits per heavy atom. The molecule has 0 saturated heterocycles. The van der Waals surface area contributed by atoms with Gasteiger partial charge in [0.15, 0.2) is 5.15 Å². The van der Waals surface area contributed by atoms with Gasteiger partial charge in [0, 0.05) is 5.38 Å². The van der Waals surface area contributed by atoms with Gasteiger partial charge >= 0.3 is 0 Å². The van der Waals surface area contributed by atoms with E-state index in [1.807, 2.05) is 12.3 Å². The van der Waals surface area contributed by atoms with E-state index >= 15 is 0 Å².